The molecule has 2 N–H and O–H groups in total. The lowest BCUT2D eigenvalue weighted by Gasteiger charge is -2.03. The zero-order valence-electron chi connectivity index (χ0n) is 9.74. The first-order chi connectivity index (χ1) is 8.63. The van der Waals surface area contributed by atoms with Crippen LogP contribution in [0.3, 0.4) is 0 Å². The first kappa shape index (κ1) is 11.2. The Morgan fingerprint density at radius 3 is 2.78 bits per heavy atom. The highest BCUT2D eigenvalue weighted by molar-refractivity contribution is 5.65. The van der Waals surface area contributed by atoms with Crippen LogP contribution >= 0.6 is 0 Å². The predicted octanol–water partition coefficient (Wildman–Crippen LogP) is 2.82. The Balaban J connectivity index is 1.93. The van der Waals surface area contributed by atoms with Gasteiger partial charge in [0.2, 0.25) is 0 Å². The van der Waals surface area contributed by atoms with Crippen LogP contribution in [-0.2, 0) is 6.54 Å². The van der Waals surface area contributed by atoms with Crippen molar-refractivity contribution in [2.45, 2.75) is 19.4 Å². The van der Waals surface area contributed by atoms with E-state index in [2.05, 4.69) is 5.10 Å². The van der Waals surface area contributed by atoms with E-state index in [0.29, 0.717) is 11.5 Å². The smallest absolute Gasteiger partial charge is 0.146 e. The Morgan fingerprint density at radius 2 is 2.06 bits per heavy atom. The summed E-state index contributed by atoms with van der Waals surface area (Å²) in [5, 5.41) is 4.16. The molecule has 0 saturated heterocycles. The van der Waals surface area contributed by atoms with E-state index >= 15 is 0 Å². The lowest BCUT2D eigenvalue weighted by Crippen LogP contribution is -1.99. The summed E-state index contributed by atoms with van der Waals surface area (Å²) in [5.41, 5.74) is 5.91. The van der Waals surface area contributed by atoms with Crippen molar-refractivity contribution in [2.75, 3.05) is 5.73 Å². The largest absolute Gasteiger partial charge is 0.396 e. The van der Waals surface area contributed by atoms with Gasteiger partial charge in [-0.1, -0.05) is 0 Å². The van der Waals surface area contributed by atoms with Crippen LogP contribution in [0.25, 0.3) is 11.1 Å². The predicted molar refractivity (Wildman–Crippen MR) is 64.7 cm³/mol. The van der Waals surface area contributed by atoms with Crippen LogP contribution in [0.15, 0.2) is 24.5 Å². The molecule has 1 aromatic carbocycles. The third-order valence-electron chi connectivity index (χ3n) is 3.17. The average molecular weight is 249 g/mol. The highest BCUT2D eigenvalue weighted by Gasteiger charge is 2.22. The number of aromatic nitrogens is 2. The van der Waals surface area contributed by atoms with E-state index < -0.39 is 11.6 Å². The molecule has 0 unspecified atom stereocenters. The molecule has 18 heavy (non-hydrogen) atoms. The lowest BCUT2D eigenvalue weighted by molar-refractivity contribution is 0.563. The molecule has 0 aliphatic heterocycles. The van der Waals surface area contributed by atoms with Gasteiger partial charge in [0, 0.05) is 29.9 Å². The highest BCUT2D eigenvalue weighted by Crippen LogP contribution is 2.31. The monoisotopic (exact) mass is 249 g/mol. The molecule has 94 valence electrons. The highest BCUT2D eigenvalue weighted by atomic mass is 19.1. The second-order valence-electron chi connectivity index (χ2n) is 4.75. The topological polar surface area (TPSA) is 43.8 Å². The summed E-state index contributed by atoms with van der Waals surface area (Å²) < 4.78 is 28.8. The number of nitrogens with zero attached hydrogens (tertiary/aromatic N) is 2. The fourth-order valence-corrected chi connectivity index (χ4v) is 1.95. The first-order valence-electron chi connectivity index (χ1n) is 5.91. The Hall–Kier alpha value is -1.91. The molecule has 1 aliphatic rings. The van der Waals surface area contributed by atoms with Gasteiger partial charge in [-0.3, -0.25) is 4.68 Å². The van der Waals surface area contributed by atoms with Crippen molar-refractivity contribution in [1.82, 2.24) is 9.78 Å². The van der Waals surface area contributed by atoms with Gasteiger partial charge in [0.25, 0.3) is 0 Å². The number of halogens is 2. The standard InChI is InChI=1S/C13H13F2N3/c14-11-4-13(16)12(15)3-10(11)9-5-17-18(7-9)6-8-1-2-8/h3-5,7-8H,1-2,6,16H2. The summed E-state index contributed by atoms with van der Waals surface area (Å²) in [6.45, 7) is 0.846. The number of rotatable bonds is 3. The van der Waals surface area contributed by atoms with Crippen LogP contribution < -0.4 is 5.73 Å². The molecule has 0 spiro atoms. The molecular formula is C13H13F2N3. The van der Waals surface area contributed by atoms with Gasteiger partial charge in [-0.2, -0.15) is 5.10 Å². The lowest BCUT2D eigenvalue weighted by atomic mass is 10.1. The van der Waals surface area contributed by atoms with Crippen LogP contribution in [0.5, 0.6) is 0 Å². The van der Waals surface area contributed by atoms with Gasteiger partial charge < -0.3 is 5.73 Å². The zero-order valence-corrected chi connectivity index (χ0v) is 9.74. The number of hydrogen-bond acceptors (Lipinski definition) is 2. The number of benzene rings is 1. The quantitative estimate of drug-likeness (QED) is 0.850. The Morgan fingerprint density at radius 1 is 1.28 bits per heavy atom. The Kier molecular flexibility index (Phi) is 2.54. The minimum Gasteiger partial charge on any atom is -0.396 e. The maximum Gasteiger partial charge on any atom is 0.146 e. The van der Waals surface area contributed by atoms with Gasteiger partial charge in [-0.05, 0) is 24.8 Å². The van der Waals surface area contributed by atoms with Crippen molar-refractivity contribution >= 4 is 5.69 Å². The molecular weight excluding hydrogens is 236 g/mol. The molecule has 0 atom stereocenters. The van der Waals surface area contributed by atoms with E-state index in [1.165, 1.54) is 12.8 Å². The molecule has 0 amide bonds. The minimum atomic E-state index is -0.610. The summed E-state index contributed by atoms with van der Waals surface area (Å²) in [6.07, 6.45) is 5.74. The Labute approximate surface area is 103 Å². The summed E-state index contributed by atoms with van der Waals surface area (Å²) >= 11 is 0. The van der Waals surface area contributed by atoms with Gasteiger partial charge >= 0.3 is 0 Å². The molecule has 0 radical (unpaired) electrons. The first-order valence-corrected chi connectivity index (χ1v) is 5.91. The van der Waals surface area contributed by atoms with Crippen LogP contribution in [0.4, 0.5) is 14.5 Å². The fourth-order valence-electron chi connectivity index (χ4n) is 1.95. The van der Waals surface area contributed by atoms with Crippen molar-refractivity contribution in [2.24, 2.45) is 5.92 Å². The zero-order chi connectivity index (χ0) is 12.7. The maximum absolute atomic E-state index is 13.7. The molecule has 5 heteroatoms. The summed E-state index contributed by atoms with van der Waals surface area (Å²) in [4.78, 5) is 0. The van der Waals surface area contributed by atoms with E-state index in [9.17, 15) is 8.78 Å². The van der Waals surface area contributed by atoms with Crippen LogP contribution in [0.2, 0.25) is 0 Å². The molecule has 1 fully saturated rings. The van der Waals surface area contributed by atoms with Crippen molar-refractivity contribution in [3.63, 3.8) is 0 Å². The van der Waals surface area contributed by atoms with Crippen LogP contribution in [0, 0.1) is 17.6 Å². The number of hydrogen-bond donors (Lipinski definition) is 1. The summed E-state index contributed by atoms with van der Waals surface area (Å²) in [7, 11) is 0. The van der Waals surface area contributed by atoms with Crippen LogP contribution in [-0.4, -0.2) is 9.78 Å². The molecule has 2 aromatic rings. The second-order valence-corrected chi connectivity index (χ2v) is 4.75. The van der Waals surface area contributed by atoms with Crippen LogP contribution in [0.1, 0.15) is 12.8 Å². The molecule has 1 heterocycles. The minimum absolute atomic E-state index is 0.179. The fraction of sp³-hybridized carbons (Fsp3) is 0.308. The second kappa shape index (κ2) is 4.08. The van der Waals surface area contributed by atoms with Gasteiger partial charge in [0.1, 0.15) is 11.6 Å². The van der Waals surface area contributed by atoms with E-state index in [0.717, 1.165) is 18.7 Å². The van der Waals surface area contributed by atoms with Crippen molar-refractivity contribution < 1.29 is 8.78 Å². The average Bonchev–Trinajstić information content (AvgIpc) is 3.01. The molecule has 1 aliphatic carbocycles. The molecule has 3 nitrogen and oxygen atoms in total. The number of nitrogen functional groups attached to an aromatic ring is 1. The van der Waals surface area contributed by atoms with Crippen molar-refractivity contribution in [3.8, 4) is 11.1 Å². The third kappa shape index (κ3) is 2.08. The van der Waals surface area contributed by atoms with Crippen molar-refractivity contribution in [3.05, 3.63) is 36.2 Å². The van der Waals surface area contributed by atoms with Gasteiger partial charge in [-0.25, -0.2) is 8.78 Å². The van der Waals surface area contributed by atoms with Gasteiger partial charge in [0.15, 0.2) is 0 Å². The maximum atomic E-state index is 13.7. The summed E-state index contributed by atoms with van der Waals surface area (Å²) in [6, 6.07) is 2.12. The van der Waals surface area contributed by atoms with Gasteiger partial charge in [-0.15, -0.1) is 0 Å². The Bertz CT molecular complexity index is 588. The molecule has 0 bridgehead atoms. The third-order valence-corrected chi connectivity index (χ3v) is 3.17. The van der Waals surface area contributed by atoms with Gasteiger partial charge in [0.05, 0.1) is 11.9 Å². The molecule has 3 rings (SSSR count). The van der Waals surface area contributed by atoms with E-state index in [-0.39, 0.29) is 11.3 Å². The van der Waals surface area contributed by atoms with E-state index in [1.807, 2.05) is 0 Å². The normalized spacial score (nSPS) is 15.0. The van der Waals surface area contributed by atoms with E-state index in [1.54, 1.807) is 17.1 Å². The molecule has 1 saturated carbocycles. The number of nitrogens with two attached hydrogens (primary N) is 1. The number of anilines is 1. The van der Waals surface area contributed by atoms with E-state index in [4.69, 9.17) is 5.73 Å². The SMILES string of the molecule is Nc1cc(F)c(-c2cnn(CC3CC3)c2)cc1F. The molecule has 1 aromatic heterocycles. The van der Waals surface area contributed by atoms with Crippen molar-refractivity contribution in [1.29, 1.82) is 0 Å². The summed E-state index contributed by atoms with van der Waals surface area (Å²) in [5.74, 6) is -0.452.